The predicted octanol–water partition coefficient (Wildman–Crippen LogP) is 4.77. The van der Waals surface area contributed by atoms with E-state index in [2.05, 4.69) is 37.9 Å². The first-order chi connectivity index (χ1) is 18.4. The zero-order valence-corrected chi connectivity index (χ0v) is 22.3. The molecule has 3 N–H and O–H groups in total. The Hall–Kier alpha value is -3.77. The van der Waals surface area contributed by atoms with Crippen molar-refractivity contribution in [2.24, 2.45) is 0 Å². The normalized spacial score (nSPS) is 16.0. The minimum atomic E-state index is -0.879. The van der Waals surface area contributed by atoms with Gasteiger partial charge < -0.3 is 20.1 Å². The molecule has 1 unspecified atom stereocenters. The number of urea groups is 1. The monoisotopic (exact) mass is 626 g/mol. The maximum atomic E-state index is 13.6. The number of ether oxygens (including phenoxy) is 1. The standard InChI is InChI=1S/C28H24FIN4O4/c29-20-7-1-17(2-8-20)15-24(26-31-16-23(32-26)18-3-9-21(30)10-4-18)34-27(36)25(33-28(34)37)19-5-11-22(12-6-19)38-14-13-35/h1-12,16,24-25,35H,13-15H2,(H,31,32)(H,33,37)/t24?,25-/m1/s1. The highest BCUT2D eigenvalue weighted by atomic mass is 127. The molecule has 3 aromatic carbocycles. The van der Waals surface area contributed by atoms with Crippen LogP contribution in [-0.4, -0.2) is 45.1 Å². The first kappa shape index (κ1) is 25.9. The number of aromatic amines is 1. The molecule has 1 aromatic heterocycles. The minimum Gasteiger partial charge on any atom is -0.491 e. The fraction of sp³-hybridized carbons (Fsp3) is 0.179. The highest BCUT2D eigenvalue weighted by Crippen LogP contribution is 2.33. The zero-order valence-electron chi connectivity index (χ0n) is 20.1. The maximum absolute atomic E-state index is 13.6. The largest absolute Gasteiger partial charge is 0.491 e. The molecule has 5 rings (SSSR count). The summed E-state index contributed by atoms with van der Waals surface area (Å²) in [5, 5.41) is 11.7. The highest BCUT2D eigenvalue weighted by Gasteiger charge is 2.44. The number of amides is 3. The van der Waals surface area contributed by atoms with Crippen LogP contribution in [0.2, 0.25) is 0 Å². The quantitative estimate of drug-likeness (QED) is 0.183. The molecular formula is C28H24FIN4O4. The predicted molar refractivity (Wildman–Crippen MR) is 147 cm³/mol. The van der Waals surface area contributed by atoms with Crippen molar-refractivity contribution in [2.75, 3.05) is 13.2 Å². The molecule has 2 heterocycles. The first-order valence-electron chi connectivity index (χ1n) is 12.0. The van der Waals surface area contributed by atoms with E-state index in [9.17, 15) is 14.0 Å². The van der Waals surface area contributed by atoms with Gasteiger partial charge in [-0.15, -0.1) is 0 Å². The molecule has 0 spiro atoms. The smallest absolute Gasteiger partial charge is 0.325 e. The van der Waals surface area contributed by atoms with Gasteiger partial charge in [0.05, 0.1) is 18.5 Å². The Morgan fingerprint density at radius 1 is 1.03 bits per heavy atom. The molecule has 0 saturated carbocycles. The molecule has 1 fully saturated rings. The van der Waals surface area contributed by atoms with E-state index in [1.54, 1.807) is 42.6 Å². The van der Waals surface area contributed by atoms with Gasteiger partial charge >= 0.3 is 6.03 Å². The van der Waals surface area contributed by atoms with Gasteiger partial charge in [0.1, 0.15) is 36.1 Å². The molecule has 1 aliphatic rings. The zero-order chi connectivity index (χ0) is 26.6. The molecule has 1 aliphatic heterocycles. The number of hydrogen-bond acceptors (Lipinski definition) is 5. The Morgan fingerprint density at radius 3 is 2.42 bits per heavy atom. The number of aliphatic hydroxyl groups excluding tert-OH is 1. The minimum absolute atomic E-state index is 0.110. The number of rotatable bonds is 9. The lowest BCUT2D eigenvalue weighted by Gasteiger charge is -2.24. The molecule has 1 saturated heterocycles. The number of nitrogens with one attached hydrogen (secondary N) is 2. The number of aromatic nitrogens is 2. The summed E-state index contributed by atoms with van der Waals surface area (Å²) in [7, 11) is 0. The van der Waals surface area contributed by atoms with E-state index in [0.29, 0.717) is 17.1 Å². The van der Waals surface area contributed by atoms with E-state index in [-0.39, 0.29) is 25.5 Å². The lowest BCUT2D eigenvalue weighted by atomic mass is 10.0. The lowest BCUT2D eigenvalue weighted by molar-refractivity contribution is -0.129. The average molecular weight is 626 g/mol. The Balaban J connectivity index is 1.45. The number of hydrogen-bond donors (Lipinski definition) is 3. The summed E-state index contributed by atoms with van der Waals surface area (Å²) < 4.78 is 20.0. The van der Waals surface area contributed by atoms with Gasteiger partial charge in [0.25, 0.3) is 5.91 Å². The fourth-order valence-electron chi connectivity index (χ4n) is 4.37. The second kappa shape index (κ2) is 11.3. The summed E-state index contributed by atoms with van der Waals surface area (Å²) in [5.41, 5.74) is 3.02. The van der Waals surface area contributed by atoms with Crippen LogP contribution in [0.3, 0.4) is 0 Å². The Labute approximate surface area is 232 Å². The molecule has 4 aromatic rings. The van der Waals surface area contributed by atoms with Crippen molar-refractivity contribution in [3.8, 4) is 17.0 Å². The molecule has 0 radical (unpaired) electrons. The van der Waals surface area contributed by atoms with Gasteiger partial charge in [-0.25, -0.2) is 14.2 Å². The summed E-state index contributed by atoms with van der Waals surface area (Å²) in [6.45, 7) is 0.0476. The van der Waals surface area contributed by atoms with Gasteiger partial charge in [-0.1, -0.05) is 36.4 Å². The van der Waals surface area contributed by atoms with Crippen molar-refractivity contribution in [2.45, 2.75) is 18.5 Å². The van der Waals surface area contributed by atoms with Crippen LogP contribution in [0.4, 0.5) is 9.18 Å². The van der Waals surface area contributed by atoms with Gasteiger partial charge in [-0.3, -0.25) is 9.69 Å². The van der Waals surface area contributed by atoms with Crippen LogP contribution in [0.1, 0.15) is 29.0 Å². The van der Waals surface area contributed by atoms with Crippen LogP contribution in [0, 0.1) is 9.39 Å². The van der Waals surface area contributed by atoms with Gasteiger partial charge in [-0.2, -0.15) is 0 Å². The topological polar surface area (TPSA) is 108 Å². The molecule has 194 valence electrons. The number of imidazole rings is 1. The summed E-state index contributed by atoms with van der Waals surface area (Å²) >= 11 is 2.23. The lowest BCUT2D eigenvalue weighted by Crippen LogP contribution is -2.36. The maximum Gasteiger partial charge on any atom is 0.325 e. The molecule has 0 aliphatic carbocycles. The van der Waals surface area contributed by atoms with Crippen molar-refractivity contribution >= 4 is 34.5 Å². The summed E-state index contributed by atoms with van der Waals surface area (Å²) in [6, 6.07) is 18.5. The van der Waals surface area contributed by atoms with Crippen molar-refractivity contribution in [3.63, 3.8) is 0 Å². The second-order valence-electron chi connectivity index (χ2n) is 8.77. The third-order valence-corrected chi connectivity index (χ3v) is 6.98. The number of carbonyl (C=O) groups is 2. The van der Waals surface area contributed by atoms with Gasteiger partial charge in [0, 0.05) is 9.99 Å². The summed E-state index contributed by atoms with van der Waals surface area (Å²) in [5.74, 6) is 0.202. The number of imide groups is 1. The molecule has 8 nitrogen and oxygen atoms in total. The molecule has 10 heteroatoms. The van der Waals surface area contributed by atoms with Crippen LogP contribution in [0.15, 0.2) is 79.0 Å². The van der Waals surface area contributed by atoms with E-state index in [1.807, 2.05) is 24.3 Å². The van der Waals surface area contributed by atoms with E-state index < -0.39 is 24.0 Å². The van der Waals surface area contributed by atoms with E-state index in [4.69, 9.17) is 9.84 Å². The molecule has 38 heavy (non-hydrogen) atoms. The number of halogens is 2. The Morgan fingerprint density at radius 2 is 1.74 bits per heavy atom. The average Bonchev–Trinajstić information content (AvgIpc) is 3.53. The molecular weight excluding hydrogens is 602 g/mol. The summed E-state index contributed by atoms with van der Waals surface area (Å²) in [6.07, 6.45) is 1.93. The number of nitrogens with zero attached hydrogens (tertiary/aromatic N) is 2. The van der Waals surface area contributed by atoms with Crippen LogP contribution >= 0.6 is 22.6 Å². The van der Waals surface area contributed by atoms with Crippen LogP contribution in [0.25, 0.3) is 11.3 Å². The first-order valence-corrected chi connectivity index (χ1v) is 13.0. The fourth-order valence-corrected chi connectivity index (χ4v) is 4.73. The van der Waals surface area contributed by atoms with Crippen molar-refractivity contribution in [1.82, 2.24) is 20.2 Å². The van der Waals surface area contributed by atoms with Crippen LogP contribution in [-0.2, 0) is 11.2 Å². The van der Waals surface area contributed by atoms with Crippen LogP contribution < -0.4 is 10.1 Å². The van der Waals surface area contributed by atoms with Crippen molar-refractivity contribution < 1.29 is 23.8 Å². The van der Waals surface area contributed by atoms with E-state index >= 15 is 0 Å². The van der Waals surface area contributed by atoms with Gasteiger partial charge in [0.15, 0.2) is 0 Å². The van der Waals surface area contributed by atoms with E-state index in [1.165, 1.54) is 17.0 Å². The number of benzene rings is 3. The SMILES string of the molecule is O=C1N[C@H](c2ccc(OCCO)cc2)C(=O)N1C(Cc1ccc(F)cc1)c1ncc(-c2ccc(I)cc2)[nH]1. The van der Waals surface area contributed by atoms with Gasteiger partial charge in [-0.05, 0) is 75.7 Å². The third kappa shape index (κ3) is 5.55. The number of H-pyrrole nitrogens is 1. The molecule has 2 atom stereocenters. The molecule has 3 amide bonds. The number of carbonyl (C=O) groups excluding carboxylic acids is 2. The highest BCUT2D eigenvalue weighted by molar-refractivity contribution is 14.1. The Kier molecular flexibility index (Phi) is 7.70. The number of aliphatic hydroxyl groups is 1. The van der Waals surface area contributed by atoms with E-state index in [0.717, 1.165) is 20.4 Å². The van der Waals surface area contributed by atoms with Crippen molar-refractivity contribution in [3.05, 3.63) is 105 Å². The van der Waals surface area contributed by atoms with Crippen molar-refractivity contribution in [1.29, 1.82) is 0 Å². The summed E-state index contributed by atoms with van der Waals surface area (Å²) in [4.78, 5) is 35.8. The second-order valence-corrected chi connectivity index (χ2v) is 10.0. The third-order valence-electron chi connectivity index (χ3n) is 6.26. The Bertz CT molecular complexity index is 1420. The van der Waals surface area contributed by atoms with Gasteiger partial charge in [0.2, 0.25) is 0 Å². The molecule has 0 bridgehead atoms. The van der Waals surface area contributed by atoms with Crippen LogP contribution in [0.5, 0.6) is 5.75 Å².